The van der Waals surface area contributed by atoms with E-state index in [9.17, 15) is 0 Å². The Kier molecular flexibility index (Phi) is 5.61. The first-order valence-corrected chi connectivity index (χ1v) is 3.82. The summed E-state index contributed by atoms with van der Waals surface area (Å²) in [6.07, 6.45) is 0.912. The Labute approximate surface area is 66.9 Å². The van der Waals surface area contributed by atoms with E-state index < -0.39 is 0 Å². The molecule has 0 unspecified atom stereocenters. The molecule has 0 bridgehead atoms. The number of hydrogen-bond donors (Lipinski definition) is 1. The van der Waals surface area contributed by atoms with Crippen molar-refractivity contribution >= 4 is 0 Å². The van der Waals surface area contributed by atoms with Gasteiger partial charge in [-0.2, -0.15) is 0 Å². The molecule has 0 aromatic carbocycles. The van der Waals surface area contributed by atoms with Crippen molar-refractivity contribution in [2.24, 2.45) is 17.0 Å². The first-order valence-electron chi connectivity index (χ1n) is 3.82. The molecule has 4 nitrogen and oxygen atoms in total. The van der Waals surface area contributed by atoms with Gasteiger partial charge in [-0.25, -0.2) is 0 Å². The van der Waals surface area contributed by atoms with Crippen molar-refractivity contribution in [2.75, 3.05) is 13.2 Å². The van der Waals surface area contributed by atoms with Gasteiger partial charge in [-0.15, -0.1) is 0 Å². The van der Waals surface area contributed by atoms with E-state index in [1.807, 2.05) is 13.8 Å². The van der Waals surface area contributed by atoms with E-state index >= 15 is 0 Å². The second kappa shape index (κ2) is 6.01. The van der Waals surface area contributed by atoms with E-state index in [-0.39, 0.29) is 6.61 Å². The molecule has 0 radical (unpaired) electrons. The monoisotopic (exact) mass is 157 g/mol. The number of aliphatic hydroxyl groups is 1. The molecule has 0 aromatic rings. The minimum atomic E-state index is 0.209. The van der Waals surface area contributed by atoms with Crippen molar-refractivity contribution in [1.82, 2.24) is 0 Å². The van der Waals surface area contributed by atoms with E-state index in [0.717, 1.165) is 6.42 Å². The average Bonchev–Trinajstić information content (AvgIpc) is 2.00. The maximum Gasteiger partial charge on any atom is 0.0456 e. The summed E-state index contributed by atoms with van der Waals surface area (Å²) in [5.74, 6) is 0.673. The Morgan fingerprint density at radius 2 is 2.09 bits per heavy atom. The molecule has 0 amide bonds. The van der Waals surface area contributed by atoms with Crippen LogP contribution < -0.4 is 0 Å². The number of nitrogens with zero attached hydrogens (tertiary/aromatic N) is 3. The molecule has 64 valence electrons. The zero-order valence-electron chi connectivity index (χ0n) is 7.06. The van der Waals surface area contributed by atoms with Crippen LogP contribution in [0, 0.1) is 11.8 Å². The molecule has 0 aromatic heterocycles. The fraction of sp³-hybridized carbons (Fsp3) is 1.00. The topological polar surface area (TPSA) is 69.0 Å². The van der Waals surface area contributed by atoms with Crippen LogP contribution in [0.5, 0.6) is 0 Å². The van der Waals surface area contributed by atoms with Gasteiger partial charge >= 0.3 is 0 Å². The minimum absolute atomic E-state index is 0.209. The highest BCUT2D eigenvalue weighted by Gasteiger charge is 2.05. The largest absolute Gasteiger partial charge is 0.396 e. The molecule has 0 aliphatic heterocycles. The summed E-state index contributed by atoms with van der Waals surface area (Å²) in [6, 6.07) is 0. The van der Waals surface area contributed by atoms with E-state index in [4.69, 9.17) is 10.6 Å². The van der Waals surface area contributed by atoms with Crippen LogP contribution >= 0.6 is 0 Å². The fourth-order valence-corrected chi connectivity index (χ4v) is 1.01. The molecule has 0 aliphatic rings. The quantitative estimate of drug-likeness (QED) is 0.370. The lowest BCUT2D eigenvalue weighted by Gasteiger charge is -2.11. The van der Waals surface area contributed by atoms with Crippen molar-refractivity contribution in [3.63, 3.8) is 0 Å². The van der Waals surface area contributed by atoms with Gasteiger partial charge < -0.3 is 5.11 Å². The second-order valence-electron chi connectivity index (χ2n) is 3.04. The van der Waals surface area contributed by atoms with Gasteiger partial charge in [0.05, 0.1) is 0 Å². The zero-order valence-corrected chi connectivity index (χ0v) is 7.06. The Morgan fingerprint density at radius 3 is 2.55 bits per heavy atom. The van der Waals surface area contributed by atoms with E-state index in [2.05, 4.69) is 10.0 Å². The summed E-state index contributed by atoms with van der Waals surface area (Å²) in [6.45, 7) is 4.73. The van der Waals surface area contributed by atoms with Gasteiger partial charge in [0, 0.05) is 18.1 Å². The Balaban J connectivity index is 3.50. The highest BCUT2D eigenvalue weighted by atomic mass is 16.3. The lowest BCUT2D eigenvalue weighted by atomic mass is 9.98. The van der Waals surface area contributed by atoms with Crippen molar-refractivity contribution < 1.29 is 5.11 Å². The van der Waals surface area contributed by atoms with Crippen molar-refractivity contribution in [2.45, 2.75) is 20.3 Å². The van der Waals surface area contributed by atoms with Crippen LogP contribution in [-0.4, -0.2) is 18.3 Å². The lowest BCUT2D eigenvalue weighted by Crippen LogP contribution is -2.08. The predicted molar refractivity (Wildman–Crippen MR) is 44.0 cm³/mol. The van der Waals surface area contributed by atoms with Crippen LogP contribution in [0.25, 0.3) is 10.4 Å². The fourth-order valence-electron chi connectivity index (χ4n) is 1.01. The molecular formula is C7H15N3O. The summed E-state index contributed by atoms with van der Waals surface area (Å²) in [7, 11) is 0. The standard InChI is InChI=1S/C7H15N3O/c1-6(4-9-10-8)3-7(2)5-11/h6-7,11H,3-5H2,1-2H3/t6-,7+/m0/s1. The van der Waals surface area contributed by atoms with Gasteiger partial charge in [-0.1, -0.05) is 19.0 Å². The maximum atomic E-state index is 8.71. The SMILES string of the molecule is C[C@H](CN=[N+]=[N-])C[C@@H](C)CO. The van der Waals surface area contributed by atoms with Crippen LogP contribution in [0.15, 0.2) is 5.11 Å². The third kappa shape index (κ3) is 5.70. The smallest absolute Gasteiger partial charge is 0.0456 e. The zero-order chi connectivity index (χ0) is 8.69. The summed E-state index contributed by atoms with van der Waals surface area (Å²) in [5, 5.41) is 12.2. The highest BCUT2D eigenvalue weighted by molar-refractivity contribution is 4.61. The van der Waals surface area contributed by atoms with Crippen molar-refractivity contribution in [1.29, 1.82) is 0 Å². The maximum absolute atomic E-state index is 8.71. The van der Waals surface area contributed by atoms with Gasteiger partial charge in [-0.05, 0) is 23.8 Å². The Hall–Kier alpha value is -0.730. The number of hydrogen-bond acceptors (Lipinski definition) is 2. The van der Waals surface area contributed by atoms with Gasteiger partial charge in [0.15, 0.2) is 0 Å². The summed E-state index contributed by atoms with van der Waals surface area (Å²) < 4.78 is 0. The molecule has 4 heteroatoms. The molecule has 0 rings (SSSR count). The molecule has 0 heterocycles. The number of rotatable bonds is 5. The molecule has 2 atom stereocenters. The van der Waals surface area contributed by atoms with Crippen LogP contribution in [0.1, 0.15) is 20.3 Å². The third-order valence-corrected chi connectivity index (χ3v) is 1.57. The Bertz CT molecular complexity index is 143. The number of azide groups is 1. The van der Waals surface area contributed by atoms with Gasteiger partial charge in [0.1, 0.15) is 0 Å². The van der Waals surface area contributed by atoms with Crippen LogP contribution in [0.3, 0.4) is 0 Å². The predicted octanol–water partition coefficient (Wildman–Crippen LogP) is 1.95. The first kappa shape index (κ1) is 10.3. The van der Waals surface area contributed by atoms with Crippen LogP contribution in [-0.2, 0) is 0 Å². The summed E-state index contributed by atoms with van der Waals surface area (Å²) in [4.78, 5) is 2.67. The molecular weight excluding hydrogens is 142 g/mol. The molecule has 0 saturated heterocycles. The first-order chi connectivity index (χ1) is 5.20. The molecule has 0 fully saturated rings. The minimum Gasteiger partial charge on any atom is -0.396 e. The van der Waals surface area contributed by atoms with Crippen LogP contribution in [0.2, 0.25) is 0 Å². The Morgan fingerprint density at radius 1 is 1.45 bits per heavy atom. The summed E-state index contributed by atoms with van der Waals surface area (Å²) >= 11 is 0. The number of aliphatic hydroxyl groups excluding tert-OH is 1. The second-order valence-corrected chi connectivity index (χ2v) is 3.04. The molecule has 0 saturated carbocycles. The van der Waals surface area contributed by atoms with E-state index in [0.29, 0.717) is 18.4 Å². The van der Waals surface area contributed by atoms with Gasteiger partial charge in [0.2, 0.25) is 0 Å². The van der Waals surface area contributed by atoms with E-state index in [1.165, 1.54) is 0 Å². The van der Waals surface area contributed by atoms with Gasteiger partial charge in [-0.3, -0.25) is 0 Å². The molecule has 1 N–H and O–H groups in total. The highest BCUT2D eigenvalue weighted by Crippen LogP contribution is 2.10. The van der Waals surface area contributed by atoms with Crippen LogP contribution in [0.4, 0.5) is 0 Å². The lowest BCUT2D eigenvalue weighted by molar-refractivity contribution is 0.216. The summed E-state index contributed by atoms with van der Waals surface area (Å²) in [5.41, 5.74) is 8.02. The molecule has 11 heavy (non-hydrogen) atoms. The van der Waals surface area contributed by atoms with Gasteiger partial charge in [0.25, 0.3) is 0 Å². The molecule has 0 aliphatic carbocycles. The van der Waals surface area contributed by atoms with Crippen molar-refractivity contribution in [3.05, 3.63) is 10.4 Å². The van der Waals surface area contributed by atoms with Crippen molar-refractivity contribution in [3.8, 4) is 0 Å². The molecule has 0 spiro atoms. The average molecular weight is 157 g/mol. The van der Waals surface area contributed by atoms with E-state index in [1.54, 1.807) is 0 Å². The normalized spacial score (nSPS) is 15.2. The third-order valence-electron chi connectivity index (χ3n) is 1.57.